The molecule has 0 aliphatic rings. The highest BCUT2D eigenvalue weighted by Crippen LogP contribution is 2.36. The van der Waals surface area contributed by atoms with Gasteiger partial charge >= 0.3 is 6.18 Å². The van der Waals surface area contributed by atoms with E-state index in [1.54, 1.807) is 14.2 Å². The minimum atomic E-state index is -4.39. The summed E-state index contributed by atoms with van der Waals surface area (Å²) >= 11 is 0.655. The number of hydrogen-bond donors (Lipinski definition) is 1. The Labute approximate surface area is 108 Å². The fraction of sp³-hybridized carbons (Fsp3) is 0.727. The Morgan fingerprint density at radius 2 is 2.00 bits per heavy atom. The second kappa shape index (κ2) is 5.99. The van der Waals surface area contributed by atoms with E-state index in [9.17, 15) is 13.2 Å². The van der Waals surface area contributed by atoms with Crippen LogP contribution in [0.1, 0.15) is 29.8 Å². The number of methoxy groups -OCH3 is 1. The highest BCUT2D eigenvalue weighted by atomic mass is 32.1. The van der Waals surface area contributed by atoms with Crippen LogP contribution in [0, 0.1) is 5.92 Å². The summed E-state index contributed by atoms with van der Waals surface area (Å²) in [5.74, 6) is 0.184. The van der Waals surface area contributed by atoms with Crippen LogP contribution < -0.4 is 5.32 Å². The number of nitrogens with one attached hydrogen (secondary N) is 1. The van der Waals surface area contributed by atoms with Gasteiger partial charge in [-0.3, -0.25) is 0 Å². The maximum Gasteiger partial charge on any atom is 0.443 e. The van der Waals surface area contributed by atoms with Gasteiger partial charge in [0.25, 0.3) is 0 Å². The van der Waals surface area contributed by atoms with Gasteiger partial charge in [-0.2, -0.15) is 13.2 Å². The van der Waals surface area contributed by atoms with Gasteiger partial charge in [0.15, 0.2) is 5.01 Å². The third-order valence-electron chi connectivity index (χ3n) is 2.64. The van der Waals surface area contributed by atoms with E-state index >= 15 is 0 Å². The Hall–Kier alpha value is -0.660. The van der Waals surface area contributed by atoms with E-state index in [-0.39, 0.29) is 18.1 Å². The molecule has 7 heteroatoms. The quantitative estimate of drug-likeness (QED) is 0.901. The van der Waals surface area contributed by atoms with Gasteiger partial charge in [0.1, 0.15) is 0 Å². The van der Waals surface area contributed by atoms with Crippen molar-refractivity contribution < 1.29 is 17.9 Å². The highest BCUT2D eigenvalue weighted by molar-refractivity contribution is 7.11. The molecular formula is C11H17F3N2OS. The van der Waals surface area contributed by atoms with Gasteiger partial charge < -0.3 is 10.1 Å². The lowest BCUT2D eigenvalue weighted by Gasteiger charge is -2.27. The van der Waals surface area contributed by atoms with Crippen molar-refractivity contribution in [3.05, 3.63) is 16.1 Å². The number of aromatic nitrogens is 1. The molecule has 18 heavy (non-hydrogen) atoms. The van der Waals surface area contributed by atoms with Crippen LogP contribution in [0.15, 0.2) is 6.20 Å². The van der Waals surface area contributed by atoms with E-state index in [4.69, 9.17) is 4.74 Å². The summed E-state index contributed by atoms with van der Waals surface area (Å²) in [6, 6.07) is -0.288. The average Bonchev–Trinajstić information content (AvgIpc) is 2.73. The maximum absolute atomic E-state index is 12.5. The summed E-state index contributed by atoms with van der Waals surface area (Å²) in [5.41, 5.74) is 0. The number of ether oxygens (including phenoxy) is 1. The molecule has 2 atom stereocenters. The van der Waals surface area contributed by atoms with E-state index in [0.29, 0.717) is 16.2 Å². The SMILES string of the molecule is CNC(c1cnc(C(F)(F)F)s1)C(OC)C(C)C. The van der Waals surface area contributed by atoms with Gasteiger partial charge in [-0.1, -0.05) is 13.8 Å². The lowest BCUT2D eigenvalue weighted by atomic mass is 9.99. The normalized spacial score (nSPS) is 16.0. The molecule has 3 nitrogen and oxygen atoms in total. The molecule has 1 heterocycles. The smallest absolute Gasteiger partial charge is 0.379 e. The zero-order valence-corrected chi connectivity index (χ0v) is 11.5. The van der Waals surface area contributed by atoms with Gasteiger partial charge in [-0.15, -0.1) is 11.3 Å². The number of alkyl halides is 3. The molecule has 0 saturated heterocycles. The van der Waals surface area contributed by atoms with E-state index in [1.807, 2.05) is 13.8 Å². The molecule has 0 fully saturated rings. The van der Waals surface area contributed by atoms with Gasteiger partial charge in [0, 0.05) is 18.2 Å². The summed E-state index contributed by atoms with van der Waals surface area (Å²) in [5, 5.41) is 2.17. The number of thiazole rings is 1. The number of nitrogens with zero attached hydrogens (tertiary/aromatic N) is 1. The Kier molecular flexibility index (Phi) is 5.12. The Morgan fingerprint density at radius 1 is 1.39 bits per heavy atom. The van der Waals surface area contributed by atoms with E-state index in [0.717, 1.165) is 0 Å². The Morgan fingerprint density at radius 3 is 2.33 bits per heavy atom. The van der Waals surface area contributed by atoms with Crippen LogP contribution in [-0.4, -0.2) is 25.2 Å². The van der Waals surface area contributed by atoms with Gasteiger partial charge in [0.05, 0.1) is 12.1 Å². The fourth-order valence-corrected chi connectivity index (χ4v) is 2.75. The second-order valence-electron chi connectivity index (χ2n) is 4.28. The summed E-state index contributed by atoms with van der Waals surface area (Å²) in [4.78, 5) is 3.96. The monoisotopic (exact) mass is 282 g/mol. The Bertz CT molecular complexity index is 379. The molecule has 0 amide bonds. The van der Waals surface area contributed by atoms with Crippen molar-refractivity contribution in [2.45, 2.75) is 32.2 Å². The number of halogens is 3. The third kappa shape index (κ3) is 3.43. The minimum Gasteiger partial charge on any atom is -0.379 e. The third-order valence-corrected chi connectivity index (χ3v) is 3.77. The van der Waals surface area contributed by atoms with Gasteiger partial charge in [0.2, 0.25) is 0 Å². The molecule has 1 rings (SSSR count). The molecule has 0 spiro atoms. The molecule has 0 radical (unpaired) electrons. The van der Waals surface area contributed by atoms with Crippen molar-refractivity contribution in [2.75, 3.05) is 14.2 Å². The lowest BCUT2D eigenvalue weighted by Crippen LogP contribution is -2.34. The molecule has 104 valence electrons. The van der Waals surface area contributed by atoms with E-state index in [1.165, 1.54) is 6.20 Å². The summed E-state index contributed by atoms with van der Waals surface area (Å²) in [6.07, 6.45) is -3.32. The fourth-order valence-electron chi connectivity index (χ4n) is 1.82. The first-order valence-corrected chi connectivity index (χ1v) is 6.35. The Balaban J connectivity index is 2.99. The number of hydrogen-bond acceptors (Lipinski definition) is 4. The van der Waals surface area contributed by atoms with Gasteiger partial charge in [-0.05, 0) is 13.0 Å². The highest BCUT2D eigenvalue weighted by Gasteiger charge is 2.36. The topological polar surface area (TPSA) is 34.2 Å². The maximum atomic E-state index is 12.5. The minimum absolute atomic E-state index is 0.184. The van der Waals surface area contributed by atoms with Crippen molar-refractivity contribution >= 4 is 11.3 Å². The molecule has 1 aromatic heterocycles. The largest absolute Gasteiger partial charge is 0.443 e. The summed E-state index contributed by atoms with van der Waals surface area (Å²) < 4.78 is 42.9. The first-order valence-electron chi connectivity index (χ1n) is 5.54. The molecule has 0 aliphatic heterocycles. The first-order chi connectivity index (χ1) is 8.31. The van der Waals surface area contributed by atoms with Crippen LogP contribution in [0.25, 0.3) is 0 Å². The molecular weight excluding hydrogens is 265 g/mol. The van der Waals surface area contributed by atoms with E-state index in [2.05, 4.69) is 10.3 Å². The second-order valence-corrected chi connectivity index (χ2v) is 5.34. The van der Waals surface area contributed by atoms with Crippen LogP contribution in [-0.2, 0) is 10.9 Å². The van der Waals surface area contributed by atoms with E-state index < -0.39 is 11.2 Å². The summed E-state index contributed by atoms with van der Waals surface area (Å²) in [7, 11) is 3.26. The van der Waals surface area contributed by atoms with Crippen LogP contribution in [0.4, 0.5) is 13.2 Å². The first kappa shape index (κ1) is 15.4. The molecule has 1 N–H and O–H groups in total. The molecule has 0 saturated carbocycles. The van der Waals surface area contributed by atoms with Crippen molar-refractivity contribution in [1.29, 1.82) is 0 Å². The zero-order chi connectivity index (χ0) is 13.9. The van der Waals surface area contributed by atoms with Crippen molar-refractivity contribution in [3.8, 4) is 0 Å². The average molecular weight is 282 g/mol. The number of rotatable bonds is 5. The lowest BCUT2D eigenvalue weighted by molar-refractivity contribution is -0.137. The summed E-state index contributed by atoms with van der Waals surface area (Å²) in [6.45, 7) is 3.93. The molecule has 0 aromatic carbocycles. The van der Waals surface area contributed by atoms with Crippen molar-refractivity contribution in [1.82, 2.24) is 10.3 Å². The molecule has 0 bridgehead atoms. The number of likely N-dealkylation sites (N-methyl/N-ethyl adjacent to an activating group) is 1. The standard InChI is InChI=1S/C11H17F3N2OS/c1-6(2)9(17-4)8(15-3)7-5-16-10(18-7)11(12,13)14/h5-6,8-9,15H,1-4H3. The van der Waals surface area contributed by atoms with Crippen LogP contribution in [0.2, 0.25) is 0 Å². The molecule has 2 unspecified atom stereocenters. The zero-order valence-electron chi connectivity index (χ0n) is 10.7. The molecule has 0 aliphatic carbocycles. The molecule has 1 aromatic rings. The predicted molar refractivity (Wildman–Crippen MR) is 64.6 cm³/mol. The van der Waals surface area contributed by atoms with Crippen LogP contribution >= 0.6 is 11.3 Å². The van der Waals surface area contributed by atoms with Crippen molar-refractivity contribution in [2.24, 2.45) is 5.92 Å². The van der Waals surface area contributed by atoms with Crippen LogP contribution in [0.3, 0.4) is 0 Å². The predicted octanol–water partition coefficient (Wildman–Crippen LogP) is 3.09. The van der Waals surface area contributed by atoms with Crippen molar-refractivity contribution in [3.63, 3.8) is 0 Å². The van der Waals surface area contributed by atoms with Crippen LogP contribution in [0.5, 0.6) is 0 Å². The van der Waals surface area contributed by atoms with Gasteiger partial charge in [-0.25, -0.2) is 4.98 Å².